The van der Waals surface area contributed by atoms with E-state index in [2.05, 4.69) is 48.3 Å². The van der Waals surface area contributed by atoms with Crippen molar-refractivity contribution in [3.63, 3.8) is 0 Å². The summed E-state index contributed by atoms with van der Waals surface area (Å²) in [6, 6.07) is 16.8. The normalized spacial score (nSPS) is 20.4. The Hall–Kier alpha value is -2.70. The molecular formula is C23H30N4O2+2. The first kappa shape index (κ1) is 19.6. The summed E-state index contributed by atoms with van der Waals surface area (Å²) in [5.74, 6) is 2.10. The van der Waals surface area contributed by atoms with Crippen LogP contribution in [0.2, 0.25) is 0 Å². The van der Waals surface area contributed by atoms with Gasteiger partial charge in [0.05, 0.1) is 7.11 Å². The van der Waals surface area contributed by atoms with Crippen LogP contribution < -0.4 is 14.5 Å². The molecule has 2 N–H and O–H groups in total. The number of hydrogen-bond donors (Lipinski definition) is 2. The molecule has 0 radical (unpaired) electrons. The Labute approximate surface area is 172 Å². The Bertz CT molecular complexity index is 930. The van der Waals surface area contributed by atoms with Gasteiger partial charge in [0.15, 0.2) is 6.04 Å². The summed E-state index contributed by atoms with van der Waals surface area (Å²) in [5.41, 5.74) is 3.68. The average Bonchev–Trinajstić information content (AvgIpc) is 3.24. The van der Waals surface area contributed by atoms with Crippen LogP contribution >= 0.6 is 0 Å². The van der Waals surface area contributed by atoms with Crippen molar-refractivity contribution in [1.82, 2.24) is 10.2 Å². The SMILES string of the molecule is COc1ccc(-c2nnc([C@@H](C)[NH+]3CC[NH+](Cc4cccc(C)c4)CC3)o2)cc1. The lowest BCUT2D eigenvalue weighted by molar-refractivity contribution is -1.03. The Balaban J connectivity index is 1.34. The summed E-state index contributed by atoms with van der Waals surface area (Å²) in [7, 11) is 1.66. The van der Waals surface area contributed by atoms with Gasteiger partial charge in [0.25, 0.3) is 5.89 Å². The van der Waals surface area contributed by atoms with Crippen molar-refractivity contribution in [2.45, 2.75) is 26.4 Å². The van der Waals surface area contributed by atoms with Crippen LogP contribution in [0.25, 0.3) is 11.5 Å². The first-order valence-corrected chi connectivity index (χ1v) is 10.3. The summed E-state index contributed by atoms with van der Waals surface area (Å²) in [6.45, 7) is 10.00. The van der Waals surface area contributed by atoms with E-state index < -0.39 is 0 Å². The molecular weight excluding hydrogens is 364 g/mol. The van der Waals surface area contributed by atoms with Crippen molar-refractivity contribution in [2.24, 2.45) is 0 Å². The number of rotatable bonds is 6. The lowest BCUT2D eigenvalue weighted by Gasteiger charge is -2.32. The lowest BCUT2D eigenvalue weighted by atomic mass is 10.1. The smallest absolute Gasteiger partial charge is 0.274 e. The third kappa shape index (κ3) is 4.66. The van der Waals surface area contributed by atoms with Gasteiger partial charge in [0, 0.05) is 11.1 Å². The molecule has 0 saturated carbocycles. The molecule has 0 aliphatic carbocycles. The van der Waals surface area contributed by atoms with Crippen molar-refractivity contribution in [3.05, 3.63) is 65.5 Å². The lowest BCUT2D eigenvalue weighted by Crippen LogP contribution is -3.27. The van der Waals surface area contributed by atoms with Crippen LogP contribution in [0.5, 0.6) is 5.75 Å². The van der Waals surface area contributed by atoms with Crippen molar-refractivity contribution >= 4 is 0 Å². The minimum absolute atomic E-state index is 0.204. The van der Waals surface area contributed by atoms with E-state index in [0.717, 1.165) is 44.0 Å². The van der Waals surface area contributed by atoms with Gasteiger partial charge in [0.2, 0.25) is 5.89 Å². The Morgan fingerprint density at radius 3 is 2.48 bits per heavy atom. The van der Waals surface area contributed by atoms with Crippen LogP contribution in [-0.2, 0) is 6.54 Å². The summed E-state index contributed by atoms with van der Waals surface area (Å²) < 4.78 is 11.2. The number of nitrogens with zero attached hydrogens (tertiary/aromatic N) is 2. The minimum atomic E-state index is 0.204. The maximum Gasteiger partial charge on any atom is 0.274 e. The second-order valence-electron chi connectivity index (χ2n) is 7.97. The van der Waals surface area contributed by atoms with Gasteiger partial charge in [-0.15, -0.1) is 10.2 Å². The number of benzene rings is 2. The summed E-state index contributed by atoms with van der Waals surface area (Å²) >= 11 is 0. The zero-order valence-electron chi connectivity index (χ0n) is 17.4. The van der Waals surface area contributed by atoms with Crippen LogP contribution in [0.1, 0.15) is 30.0 Å². The highest BCUT2D eigenvalue weighted by atomic mass is 16.5. The first-order valence-electron chi connectivity index (χ1n) is 10.3. The van der Waals surface area contributed by atoms with E-state index in [1.807, 2.05) is 24.3 Å². The standard InChI is InChI=1S/C23H28N4O2/c1-17-5-4-6-19(15-17)16-26-11-13-27(14-12-26)18(2)22-24-25-23(29-22)20-7-9-21(28-3)10-8-20/h4-10,15,18H,11-14,16H2,1-3H3/p+2/t18-/m1/s1. The molecule has 4 rings (SSSR count). The van der Waals surface area contributed by atoms with Gasteiger partial charge >= 0.3 is 0 Å². The number of nitrogens with one attached hydrogen (secondary N) is 2. The molecule has 152 valence electrons. The highest BCUT2D eigenvalue weighted by Gasteiger charge is 2.31. The second-order valence-corrected chi connectivity index (χ2v) is 7.97. The predicted octanol–water partition coefficient (Wildman–Crippen LogP) is 1.10. The number of piperazine rings is 1. The molecule has 1 atom stereocenters. The van der Waals surface area contributed by atoms with Crippen LogP contribution in [0.15, 0.2) is 52.9 Å². The largest absolute Gasteiger partial charge is 0.497 e. The zero-order chi connectivity index (χ0) is 20.2. The van der Waals surface area contributed by atoms with Gasteiger partial charge in [0.1, 0.15) is 38.5 Å². The maximum atomic E-state index is 6.00. The molecule has 1 aliphatic heterocycles. The summed E-state index contributed by atoms with van der Waals surface area (Å²) in [5, 5.41) is 8.59. The van der Waals surface area contributed by atoms with E-state index in [9.17, 15) is 0 Å². The Kier molecular flexibility index (Phi) is 5.92. The Morgan fingerprint density at radius 2 is 1.79 bits per heavy atom. The van der Waals surface area contributed by atoms with Crippen molar-refractivity contribution in [1.29, 1.82) is 0 Å². The molecule has 2 heterocycles. The number of aromatic nitrogens is 2. The fourth-order valence-corrected chi connectivity index (χ4v) is 4.08. The van der Waals surface area contributed by atoms with E-state index in [1.165, 1.54) is 16.0 Å². The van der Waals surface area contributed by atoms with Gasteiger partial charge in [-0.3, -0.25) is 0 Å². The van der Waals surface area contributed by atoms with Crippen LogP contribution in [0, 0.1) is 6.92 Å². The maximum absolute atomic E-state index is 6.00. The van der Waals surface area contributed by atoms with Crippen LogP contribution in [0.4, 0.5) is 0 Å². The number of methoxy groups -OCH3 is 1. The van der Waals surface area contributed by atoms with Crippen LogP contribution in [-0.4, -0.2) is 43.5 Å². The molecule has 1 fully saturated rings. The number of aryl methyl sites for hydroxylation is 1. The van der Waals surface area contributed by atoms with Crippen LogP contribution in [0.3, 0.4) is 0 Å². The average molecular weight is 395 g/mol. The molecule has 1 saturated heterocycles. The third-order valence-corrected chi connectivity index (χ3v) is 5.90. The van der Waals surface area contributed by atoms with Gasteiger partial charge in [-0.05, 0) is 38.1 Å². The summed E-state index contributed by atoms with van der Waals surface area (Å²) in [4.78, 5) is 3.17. The van der Waals surface area contributed by atoms with Gasteiger partial charge in [-0.25, -0.2) is 0 Å². The fraction of sp³-hybridized carbons (Fsp3) is 0.391. The number of ether oxygens (including phenoxy) is 1. The molecule has 0 spiro atoms. The molecule has 3 aromatic rings. The second kappa shape index (κ2) is 8.76. The van der Waals surface area contributed by atoms with E-state index in [-0.39, 0.29) is 6.04 Å². The van der Waals surface area contributed by atoms with Gasteiger partial charge in [-0.2, -0.15) is 0 Å². The predicted molar refractivity (Wildman–Crippen MR) is 111 cm³/mol. The van der Waals surface area contributed by atoms with Gasteiger partial charge < -0.3 is 19.0 Å². The van der Waals surface area contributed by atoms with E-state index in [4.69, 9.17) is 9.15 Å². The first-order chi connectivity index (χ1) is 14.1. The molecule has 29 heavy (non-hydrogen) atoms. The van der Waals surface area contributed by atoms with Crippen molar-refractivity contribution < 1.29 is 19.0 Å². The topological polar surface area (TPSA) is 57.0 Å². The molecule has 0 amide bonds. The summed E-state index contributed by atoms with van der Waals surface area (Å²) in [6.07, 6.45) is 0. The molecule has 6 nitrogen and oxygen atoms in total. The Morgan fingerprint density at radius 1 is 1.03 bits per heavy atom. The molecule has 1 aromatic heterocycles. The third-order valence-electron chi connectivity index (χ3n) is 5.90. The van der Waals surface area contributed by atoms with E-state index in [0.29, 0.717) is 11.8 Å². The molecule has 0 unspecified atom stereocenters. The molecule has 2 aromatic carbocycles. The van der Waals surface area contributed by atoms with E-state index >= 15 is 0 Å². The van der Waals surface area contributed by atoms with Gasteiger partial charge in [-0.1, -0.05) is 29.8 Å². The van der Waals surface area contributed by atoms with Crippen molar-refractivity contribution in [3.8, 4) is 17.2 Å². The fourth-order valence-electron chi connectivity index (χ4n) is 4.08. The zero-order valence-corrected chi connectivity index (χ0v) is 17.4. The quantitative estimate of drug-likeness (QED) is 0.657. The minimum Gasteiger partial charge on any atom is -0.497 e. The van der Waals surface area contributed by atoms with Crippen molar-refractivity contribution in [2.75, 3.05) is 33.3 Å². The molecule has 1 aliphatic rings. The monoisotopic (exact) mass is 394 g/mol. The highest BCUT2D eigenvalue weighted by Crippen LogP contribution is 2.22. The number of hydrogen-bond acceptors (Lipinski definition) is 4. The molecule has 0 bridgehead atoms. The highest BCUT2D eigenvalue weighted by molar-refractivity contribution is 5.53. The molecule has 6 heteroatoms. The van der Waals surface area contributed by atoms with E-state index in [1.54, 1.807) is 12.0 Å². The number of quaternary nitrogens is 2.